The Kier molecular flexibility index (Phi) is 6.87. The third-order valence-electron chi connectivity index (χ3n) is 4.37. The molecule has 0 N–H and O–H groups in total. The van der Waals surface area contributed by atoms with Crippen LogP contribution in [0.5, 0.6) is 0 Å². The van der Waals surface area contributed by atoms with Crippen LogP contribution < -0.4 is 0 Å². The van der Waals surface area contributed by atoms with Crippen LogP contribution in [0, 0.1) is 29.6 Å². The molecular weight excluding hydrogens is 322 g/mol. The maximum absolute atomic E-state index is 12.1. The number of rotatable bonds is 7. The molecule has 1 aliphatic heterocycles. The molecule has 1 atom stereocenters. The normalized spacial score (nSPS) is 16.8. The standard InChI is InChI=1S/C16H23N7O2/c1-13(16-19-14(2)20-25-16)22-11-9-21(10-12-22)6-3-15(24)23(7-4-17)8-5-18/h13H,3,6-12H2,1-2H3/t13-/m0/s1. The summed E-state index contributed by atoms with van der Waals surface area (Å²) < 4.78 is 5.24. The number of nitrogens with zero attached hydrogens (tertiary/aromatic N) is 7. The molecule has 134 valence electrons. The molecule has 1 amide bonds. The molecule has 0 radical (unpaired) electrons. The fraction of sp³-hybridized carbons (Fsp3) is 0.688. The van der Waals surface area contributed by atoms with Gasteiger partial charge >= 0.3 is 0 Å². The van der Waals surface area contributed by atoms with Crippen molar-refractivity contribution in [2.24, 2.45) is 0 Å². The van der Waals surface area contributed by atoms with Crippen LogP contribution >= 0.6 is 0 Å². The monoisotopic (exact) mass is 345 g/mol. The van der Waals surface area contributed by atoms with Gasteiger partial charge in [-0.15, -0.1) is 0 Å². The van der Waals surface area contributed by atoms with Gasteiger partial charge in [-0.05, 0) is 13.8 Å². The van der Waals surface area contributed by atoms with Crippen molar-refractivity contribution in [3.8, 4) is 12.1 Å². The van der Waals surface area contributed by atoms with Crippen molar-refractivity contribution < 1.29 is 9.32 Å². The fourth-order valence-electron chi connectivity index (χ4n) is 2.83. The predicted octanol–water partition coefficient (Wildman–Crippen LogP) is 0.322. The molecule has 2 rings (SSSR count). The van der Waals surface area contributed by atoms with Crippen LogP contribution in [0.2, 0.25) is 0 Å². The largest absolute Gasteiger partial charge is 0.338 e. The molecule has 9 nitrogen and oxygen atoms in total. The summed E-state index contributed by atoms with van der Waals surface area (Å²) >= 11 is 0. The van der Waals surface area contributed by atoms with Gasteiger partial charge in [-0.3, -0.25) is 9.69 Å². The number of carbonyl (C=O) groups excluding carboxylic acids is 1. The van der Waals surface area contributed by atoms with Gasteiger partial charge in [-0.2, -0.15) is 15.5 Å². The zero-order valence-electron chi connectivity index (χ0n) is 14.7. The average Bonchev–Trinajstić information content (AvgIpc) is 3.05. The van der Waals surface area contributed by atoms with E-state index >= 15 is 0 Å². The van der Waals surface area contributed by atoms with Crippen molar-refractivity contribution in [2.75, 3.05) is 45.8 Å². The first-order valence-corrected chi connectivity index (χ1v) is 8.33. The summed E-state index contributed by atoms with van der Waals surface area (Å²) in [5.74, 6) is 1.11. The Hall–Kier alpha value is -2.49. The minimum Gasteiger partial charge on any atom is -0.338 e. The quantitative estimate of drug-likeness (QED) is 0.649. The maximum Gasteiger partial charge on any atom is 0.243 e. The van der Waals surface area contributed by atoms with Crippen molar-refractivity contribution in [3.63, 3.8) is 0 Å². The van der Waals surface area contributed by atoms with E-state index in [0.717, 1.165) is 26.2 Å². The molecule has 0 aliphatic carbocycles. The average molecular weight is 345 g/mol. The van der Waals surface area contributed by atoms with E-state index in [-0.39, 0.29) is 25.0 Å². The van der Waals surface area contributed by atoms with Crippen LogP contribution in [0.15, 0.2) is 4.52 Å². The minimum absolute atomic E-state index is 0.0404. The van der Waals surface area contributed by atoms with Crippen molar-refractivity contribution in [1.82, 2.24) is 24.8 Å². The van der Waals surface area contributed by atoms with Crippen molar-refractivity contribution in [1.29, 1.82) is 10.5 Å². The highest BCUT2D eigenvalue weighted by Crippen LogP contribution is 2.20. The topological polar surface area (TPSA) is 113 Å². The lowest BCUT2D eigenvalue weighted by molar-refractivity contribution is -0.130. The van der Waals surface area contributed by atoms with Crippen LogP contribution in [-0.4, -0.2) is 76.6 Å². The second kappa shape index (κ2) is 9.11. The summed E-state index contributed by atoms with van der Waals surface area (Å²) in [7, 11) is 0. The summed E-state index contributed by atoms with van der Waals surface area (Å²) in [6, 6.07) is 3.92. The lowest BCUT2D eigenvalue weighted by atomic mass is 10.2. The first-order chi connectivity index (χ1) is 12.0. The number of hydrogen-bond acceptors (Lipinski definition) is 8. The summed E-state index contributed by atoms with van der Waals surface area (Å²) in [4.78, 5) is 22.2. The molecule has 1 aromatic rings. The zero-order valence-corrected chi connectivity index (χ0v) is 14.7. The highest BCUT2D eigenvalue weighted by atomic mass is 16.5. The van der Waals surface area contributed by atoms with Gasteiger partial charge in [0, 0.05) is 39.1 Å². The Balaban J connectivity index is 1.76. The molecule has 25 heavy (non-hydrogen) atoms. The van der Waals surface area contributed by atoms with Crippen LogP contribution in [0.3, 0.4) is 0 Å². The maximum atomic E-state index is 12.1. The van der Waals surface area contributed by atoms with Crippen LogP contribution in [0.25, 0.3) is 0 Å². The lowest BCUT2D eigenvalue weighted by Gasteiger charge is -2.36. The fourth-order valence-corrected chi connectivity index (χ4v) is 2.83. The van der Waals surface area contributed by atoms with Gasteiger partial charge in [0.1, 0.15) is 13.1 Å². The van der Waals surface area contributed by atoms with E-state index in [1.165, 1.54) is 4.90 Å². The third kappa shape index (κ3) is 5.24. The highest BCUT2D eigenvalue weighted by Gasteiger charge is 2.25. The Bertz CT molecular complexity index is 636. The zero-order chi connectivity index (χ0) is 18.2. The van der Waals surface area contributed by atoms with Gasteiger partial charge < -0.3 is 14.3 Å². The first kappa shape index (κ1) is 18.8. The highest BCUT2D eigenvalue weighted by molar-refractivity contribution is 5.76. The molecule has 0 unspecified atom stereocenters. The van der Waals surface area contributed by atoms with Crippen molar-refractivity contribution >= 4 is 5.91 Å². The summed E-state index contributed by atoms with van der Waals surface area (Å²) in [6.07, 6.45) is 0.321. The van der Waals surface area contributed by atoms with Gasteiger partial charge in [0.15, 0.2) is 5.82 Å². The van der Waals surface area contributed by atoms with Gasteiger partial charge in [-0.25, -0.2) is 0 Å². The van der Waals surface area contributed by atoms with Gasteiger partial charge in [0.25, 0.3) is 0 Å². The molecule has 0 aromatic carbocycles. The Labute approximate surface area is 147 Å². The smallest absolute Gasteiger partial charge is 0.243 e. The summed E-state index contributed by atoms with van der Waals surface area (Å²) in [5.41, 5.74) is 0. The molecule has 1 saturated heterocycles. The van der Waals surface area contributed by atoms with Crippen molar-refractivity contribution in [2.45, 2.75) is 26.3 Å². The molecule has 0 spiro atoms. The molecule has 1 fully saturated rings. The van der Waals surface area contributed by atoms with Gasteiger partial charge in [0.05, 0.1) is 18.2 Å². The van der Waals surface area contributed by atoms with E-state index in [0.29, 0.717) is 24.7 Å². The third-order valence-corrected chi connectivity index (χ3v) is 4.37. The number of nitriles is 2. The van der Waals surface area contributed by atoms with Crippen LogP contribution in [0.1, 0.15) is 31.1 Å². The molecule has 1 aromatic heterocycles. The minimum atomic E-state index is -0.153. The number of hydrogen-bond donors (Lipinski definition) is 0. The molecular formula is C16H23N7O2. The Morgan fingerprint density at radius 2 is 1.92 bits per heavy atom. The molecule has 2 heterocycles. The number of aromatic nitrogens is 2. The lowest BCUT2D eigenvalue weighted by Crippen LogP contribution is -2.48. The predicted molar refractivity (Wildman–Crippen MR) is 87.9 cm³/mol. The van der Waals surface area contributed by atoms with Crippen LogP contribution in [-0.2, 0) is 4.79 Å². The van der Waals surface area contributed by atoms with E-state index in [1.807, 2.05) is 19.1 Å². The summed E-state index contributed by atoms with van der Waals surface area (Å²) in [6.45, 7) is 7.82. The second-order valence-corrected chi connectivity index (χ2v) is 6.05. The SMILES string of the molecule is Cc1noc([C@H](C)N2CCN(CCC(=O)N(CC#N)CC#N)CC2)n1. The Morgan fingerprint density at radius 1 is 1.28 bits per heavy atom. The first-order valence-electron chi connectivity index (χ1n) is 8.33. The van der Waals surface area contributed by atoms with E-state index in [4.69, 9.17) is 15.0 Å². The van der Waals surface area contributed by atoms with Gasteiger partial charge in [0.2, 0.25) is 11.8 Å². The van der Waals surface area contributed by atoms with E-state index in [2.05, 4.69) is 19.9 Å². The van der Waals surface area contributed by atoms with Crippen LogP contribution in [0.4, 0.5) is 0 Å². The van der Waals surface area contributed by atoms with Gasteiger partial charge in [-0.1, -0.05) is 5.16 Å². The molecule has 1 aliphatic rings. The van der Waals surface area contributed by atoms with E-state index < -0.39 is 0 Å². The van der Waals surface area contributed by atoms with E-state index in [9.17, 15) is 4.79 Å². The molecule has 0 saturated carbocycles. The molecule has 0 bridgehead atoms. The van der Waals surface area contributed by atoms with Crippen molar-refractivity contribution in [3.05, 3.63) is 11.7 Å². The number of amides is 1. The number of carbonyl (C=O) groups is 1. The number of aryl methyl sites for hydroxylation is 1. The molecule has 9 heteroatoms. The van der Waals surface area contributed by atoms with E-state index in [1.54, 1.807) is 6.92 Å². The second-order valence-electron chi connectivity index (χ2n) is 6.05. The Morgan fingerprint density at radius 3 is 2.44 bits per heavy atom. The summed E-state index contributed by atoms with van der Waals surface area (Å²) in [5, 5.41) is 21.3. The number of piperazine rings is 1.